The molecule has 0 aliphatic heterocycles. The molecule has 1 aromatic carbocycles. The second-order valence-corrected chi connectivity index (χ2v) is 7.10. The molecule has 5 heteroatoms. The molecule has 0 aliphatic rings. The van der Waals surface area contributed by atoms with Gasteiger partial charge in [-0.1, -0.05) is 26.0 Å². The van der Waals surface area contributed by atoms with Crippen LogP contribution in [0.5, 0.6) is 0 Å². The predicted octanol–water partition coefficient (Wildman–Crippen LogP) is 4.43. The van der Waals surface area contributed by atoms with Gasteiger partial charge in [0.25, 0.3) is 0 Å². The molecule has 1 heterocycles. The van der Waals surface area contributed by atoms with Crippen LogP contribution in [0.15, 0.2) is 29.6 Å². The number of halogens is 1. The first-order valence-electron chi connectivity index (χ1n) is 7.90. The highest BCUT2D eigenvalue weighted by molar-refractivity contribution is 7.09. The van der Waals surface area contributed by atoms with Gasteiger partial charge in [-0.15, -0.1) is 11.3 Å². The lowest BCUT2D eigenvalue weighted by Gasteiger charge is -2.18. The molecule has 3 nitrogen and oxygen atoms in total. The van der Waals surface area contributed by atoms with E-state index in [1.165, 1.54) is 12.1 Å². The number of amides is 1. The maximum atomic E-state index is 13.2. The molecule has 0 fully saturated rings. The van der Waals surface area contributed by atoms with E-state index >= 15 is 0 Å². The number of carbonyl (C=O) groups is 1. The number of nitrogens with one attached hydrogen (secondary N) is 1. The van der Waals surface area contributed by atoms with E-state index in [2.05, 4.69) is 24.1 Å². The summed E-state index contributed by atoms with van der Waals surface area (Å²) in [4.78, 5) is 16.7. The fourth-order valence-corrected chi connectivity index (χ4v) is 3.30. The molecule has 0 spiro atoms. The van der Waals surface area contributed by atoms with Gasteiger partial charge in [0.2, 0.25) is 5.91 Å². The minimum Gasteiger partial charge on any atom is -0.347 e. The average molecular weight is 334 g/mol. The van der Waals surface area contributed by atoms with Crippen LogP contribution in [0.2, 0.25) is 0 Å². The molecule has 1 N–H and O–H groups in total. The number of thiazole rings is 1. The minimum atomic E-state index is -0.265. The van der Waals surface area contributed by atoms with Crippen LogP contribution in [0, 0.1) is 18.7 Å². The van der Waals surface area contributed by atoms with E-state index in [1.807, 2.05) is 18.4 Å². The first kappa shape index (κ1) is 17.6. The van der Waals surface area contributed by atoms with Crippen molar-refractivity contribution in [1.29, 1.82) is 0 Å². The van der Waals surface area contributed by atoms with Gasteiger partial charge in [-0.25, -0.2) is 9.37 Å². The van der Waals surface area contributed by atoms with Crippen molar-refractivity contribution in [3.8, 4) is 0 Å². The van der Waals surface area contributed by atoms with Crippen molar-refractivity contribution in [3.63, 3.8) is 0 Å². The summed E-state index contributed by atoms with van der Waals surface area (Å²) in [6.45, 7) is 6.22. The highest BCUT2D eigenvalue weighted by atomic mass is 32.1. The molecule has 124 valence electrons. The molecule has 1 amide bonds. The van der Waals surface area contributed by atoms with E-state index in [-0.39, 0.29) is 17.8 Å². The normalized spacial score (nSPS) is 12.4. The van der Waals surface area contributed by atoms with Gasteiger partial charge in [-0.3, -0.25) is 4.79 Å². The second kappa shape index (κ2) is 8.20. The van der Waals surface area contributed by atoms with E-state index in [0.29, 0.717) is 18.8 Å². The number of rotatable bonds is 7. The fraction of sp³-hybridized carbons (Fsp3) is 0.444. The molecule has 1 unspecified atom stereocenters. The standard InChI is InChI=1S/C18H23FN2OS/c1-12(2)9-16(18-20-13(3)11-23-18)21-17(22)8-7-14-5-4-6-15(19)10-14/h4-6,10-12,16H,7-9H2,1-3H3,(H,21,22). The molecule has 0 radical (unpaired) electrons. The zero-order chi connectivity index (χ0) is 16.8. The van der Waals surface area contributed by atoms with E-state index in [9.17, 15) is 9.18 Å². The van der Waals surface area contributed by atoms with Gasteiger partial charge < -0.3 is 5.32 Å². The Hall–Kier alpha value is -1.75. The highest BCUT2D eigenvalue weighted by Crippen LogP contribution is 2.24. The Bertz CT molecular complexity index is 654. The van der Waals surface area contributed by atoms with Gasteiger partial charge in [0.1, 0.15) is 10.8 Å². The Morgan fingerprint density at radius 1 is 1.39 bits per heavy atom. The topological polar surface area (TPSA) is 42.0 Å². The number of nitrogens with zero attached hydrogens (tertiary/aromatic N) is 1. The molecule has 23 heavy (non-hydrogen) atoms. The van der Waals surface area contributed by atoms with Crippen molar-refractivity contribution in [2.24, 2.45) is 5.92 Å². The number of aryl methyl sites for hydroxylation is 2. The first-order chi connectivity index (χ1) is 10.9. The maximum absolute atomic E-state index is 13.2. The number of aromatic nitrogens is 1. The van der Waals surface area contributed by atoms with Crippen molar-refractivity contribution in [1.82, 2.24) is 10.3 Å². The summed E-state index contributed by atoms with van der Waals surface area (Å²) in [6, 6.07) is 6.35. The van der Waals surface area contributed by atoms with Crippen LogP contribution in [0.3, 0.4) is 0 Å². The first-order valence-corrected chi connectivity index (χ1v) is 8.78. The quantitative estimate of drug-likeness (QED) is 0.814. The van der Waals surface area contributed by atoms with Crippen molar-refractivity contribution < 1.29 is 9.18 Å². The van der Waals surface area contributed by atoms with Gasteiger partial charge >= 0.3 is 0 Å². The lowest BCUT2D eigenvalue weighted by atomic mass is 10.0. The van der Waals surface area contributed by atoms with Crippen LogP contribution in [-0.4, -0.2) is 10.9 Å². The zero-order valence-corrected chi connectivity index (χ0v) is 14.6. The van der Waals surface area contributed by atoms with Crippen LogP contribution < -0.4 is 5.32 Å². The SMILES string of the molecule is Cc1csc(C(CC(C)C)NC(=O)CCc2cccc(F)c2)n1. The highest BCUT2D eigenvalue weighted by Gasteiger charge is 2.19. The smallest absolute Gasteiger partial charge is 0.220 e. The van der Waals surface area contributed by atoms with Gasteiger partial charge in [-0.05, 0) is 43.4 Å². The van der Waals surface area contributed by atoms with Gasteiger partial charge in [0.15, 0.2) is 0 Å². The Labute approximate surface area is 141 Å². The summed E-state index contributed by atoms with van der Waals surface area (Å²) in [6.07, 6.45) is 1.75. The number of hydrogen-bond donors (Lipinski definition) is 1. The summed E-state index contributed by atoms with van der Waals surface area (Å²) in [5.74, 6) is 0.180. The Kier molecular flexibility index (Phi) is 6.28. The lowest BCUT2D eigenvalue weighted by Crippen LogP contribution is -2.29. The monoisotopic (exact) mass is 334 g/mol. The largest absolute Gasteiger partial charge is 0.347 e. The van der Waals surface area contributed by atoms with Crippen LogP contribution in [0.4, 0.5) is 4.39 Å². The summed E-state index contributed by atoms with van der Waals surface area (Å²) in [5, 5.41) is 6.03. The summed E-state index contributed by atoms with van der Waals surface area (Å²) < 4.78 is 13.2. The fourth-order valence-electron chi connectivity index (χ4n) is 2.44. The minimum absolute atomic E-state index is 0.0206. The molecule has 0 saturated heterocycles. The van der Waals surface area contributed by atoms with Crippen LogP contribution >= 0.6 is 11.3 Å². The third-order valence-electron chi connectivity index (χ3n) is 3.51. The molecule has 0 aliphatic carbocycles. The van der Waals surface area contributed by atoms with E-state index in [0.717, 1.165) is 22.7 Å². The molecule has 0 bridgehead atoms. The van der Waals surface area contributed by atoms with Crippen LogP contribution in [0.1, 0.15) is 49.0 Å². The van der Waals surface area contributed by atoms with Gasteiger partial charge in [0.05, 0.1) is 6.04 Å². The lowest BCUT2D eigenvalue weighted by molar-refractivity contribution is -0.121. The molecule has 0 saturated carbocycles. The van der Waals surface area contributed by atoms with Crippen molar-refractivity contribution in [3.05, 3.63) is 51.7 Å². The average Bonchev–Trinajstić information content (AvgIpc) is 2.91. The van der Waals surface area contributed by atoms with Crippen molar-refractivity contribution in [2.75, 3.05) is 0 Å². The number of carbonyl (C=O) groups excluding carboxylic acids is 1. The number of hydrogen-bond acceptors (Lipinski definition) is 3. The molecule has 2 rings (SSSR count). The van der Waals surface area contributed by atoms with E-state index in [1.54, 1.807) is 17.4 Å². The Balaban J connectivity index is 1.94. The second-order valence-electron chi connectivity index (χ2n) is 6.21. The van der Waals surface area contributed by atoms with Gasteiger partial charge in [-0.2, -0.15) is 0 Å². The zero-order valence-electron chi connectivity index (χ0n) is 13.8. The van der Waals surface area contributed by atoms with Crippen molar-refractivity contribution in [2.45, 2.75) is 46.1 Å². The van der Waals surface area contributed by atoms with Crippen molar-refractivity contribution >= 4 is 17.2 Å². The molecular formula is C18H23FN2OS. The molecular weight excluding hydrogens is 311 g/mol. The van der Waals surface area contributed by atoms with Crippen LogP contribution in [-0.2, 0) is 11.2 Å². The Morgan fingerprint density at radius 2 is 2.17 bits per heavy atom. The Morgan fingerprint density at radius 3 is 2.78 bits per heavy atom. The van der Waals surface area contributed by atoms with Gasteiger partial charge in [0, 0.05) is 17.5 Å². The molecule has 1 atom stereocenters. The van der Waals surface area contributed by atoms with E-state index < -0.39 is 0 Å². The molecule has 2 aromatic rings. The summed E-state index contributed by atoms with van der Waals surface area (Å²) in [5.41, 5.74) is 1.82. The maximum Gasteiger partial charge on any atom is 0.220 e. The summed E-state index contributed by atoms with van der Waals surface area (Å²) in [7, 11) is 0. The van der Waals surface area contributed by atoms with E-state index in [4.69, 9.17) is 0 Å². The third kappa shape index (κ3) is 5.75. The predicted molar refractivity (Wildman–Crippen MR) is 91.9 cm³/mol. The number of benzene rings is 1. The summed E-state index contributed by atoms with van der Waals surface area (Å²) >= 11 is 1.58. The van der Waals surface area contributed by atoms with Crippen LogP contribution in [0.25, 0.3) is 0 Å². The molecule has 1 aromatic heterocycles. The third-order valence-corrected chi connectivity index (χ3v) is 4.58.